The van der Waals surface area contributed by atoms with Crippen LogP contribution in [0.3, 0.4) is 0 Å². The number of nitrogens with zero attached hydrogens (tertiary/aromatic N) is 2. The van der Waals surface area contributed by atoms with E-state index >= 15 is 0 Å². The quantitative estimate of drug-likeness (QED) is 0.316. The van der Waals surface area contributed by atoms with E-state index < -0.39 is 58.4 Å². The van der Waals surface area contributed by atoms with E-state index in [0.717, 1.165) is 7.11 Å². The van der Waals surface area contributed by atoms with Gasteiger partial charge in [0.25, 0.3) is 0 Å². The molecule has 3 spiro atoms. The Hall–Kier alpha value is -2.64. The first kappa shape index (κ1) is 21.4. The number of rotatable bonds is 1. The third-order valence-corrected chi connectivity index (χ3v) is 10.3. The van der Waals surface area contributed by atoms with Gasteiger partial charge in [-0.15, -0.1) is 0 Å². The highest BCUT2D eigenvalue weighted by Crippen LogP contribution is 2.79. The largest absolute Gasteiger partial charge is 0.467 e. The van der Waals surface area contributed by atoms with Crippen LogP contribution in [0.25, 0.3) is 0 Å². The molecule has 0 radical (unpaired) electrons. The number of esters is 1. The minimum atomic E-state index is -2.61. The third kappa shape index (κ3) is 1.73. The van der Waals surface area contributed by atoms with Crippen LogP contribution in [0.2, 0.25) is 0 Å². The standard InChI is InChI=1S/C24H26N2O10/c1-32-19(29)24(31)18(28)23-13(27)7-22(24)21(5-6-25(17(21)23)8-12-16(23)36-12)10-3-4-11-15(35-9-34-11)14(10)26(22)20(30)33-2/h3-4,12-13,16-18,27-28,31H,5-9H2,1-2H3/t12-,13+,16-,17+,18+,21+,22?,23?,24+/m0/s1. The first-order valence-corrected chi connectivity index (χ1v) is 12.1. The number of piperidine rings is 1. The molecule has 6 fully saturated rings. The normalized spacial score (nSPS) is 48.1. The van der Waals surface area contributed by atoms with Crippen LogP contribution in [0.5, 0.6) is 11.5 Å². The molecule has 9 atom stereocenters. The molecule has 3 saturated carbocycles. The monoisotopic (exact) mass is 502 g/mol. The van der Waals surface area contributed by atoms with Gasteiger partial charge in [-0.1, -0.05) is 6.07 Å². The van der Waals surface area contributed by atoms with Crippen molar-refractivity contribution in [1.29, 1.82) is 0 Å². The van der Waals surface area contributed by atoms with Crippen molar-refractivity contribution in [3.8, 4) is 11.5 Å². The number of fused-ring (bicyclic) bond motifs is 6. The average molecular weight is 502 g/mol. The van der Waals surface area contributed by atoms with Crippen molar-refractivity contribution in [3.05, 3.63) is 17.7 Å². The van der Waals surface area contributed by atoms with Gasteiger partial charge in [-0.2, -0.15) is 0 Å². The van der Waals surface area contributed by atoms with Gasteiger partial charge in [-0.05, 0) is 24.6 Å². The van der Waals surface area contributed by atoms with Crippen molar-refractivity contribution >= 4 is 17.7 Å². The van der Waals surface area contributed by atoms with Crippen LogP contribution in [0, 0.1) is 5.41 Å². The predicted octanol–water partition coefficient (Wildman–Crippen LogP) is -1.14. The maximum Gasteiger partial charge on any atom is 0.414 e. The Morgan fingerprint density at radius 1 is 1.17 bits per heavy atom. The zero-order valence-corrected chi connectivity index (χ0v) is 19.7. The molecule has 3 saturated heterocycles. The minimum Gasteiger partial charge on any atom is -0.467 e. The third-order valence-electron chi connectivity index (χ3n) is 10.3. The number of ether oxygens (including phenoxy) is 5. The van der Waals surface area contributed by atoms with Crippen LogP contribution in [-0.4, -0.2) is 108 Å². The van der Waals surface area contributed by atoms with Gasteiger partial charge in [0.1, 0.15) is 11.6 Å². The summed E-state index contributed by atoms with van der Waals surface area (Å²) in [4.78, 5) is 30.7. The molecule has 1 aromatic rings. The summed E-state index contributed by atoms with van der Waals surface area (Å²) in [5.74, 6) is -0.388. The van der Waals surface area contributed by atoms with Crippen LogP contribution in [0.4, 0.5) is 10.5 Å². The van der Waals surface area contributed by atoms with Gasteiger partial charge in [0.05, 0.1) is 43.6 Å². The second-order valence-electron chi connectivity index (χ2n) is 11.0. The lowest BCUT2D eigenvalue weighted by Crippen LogP contribution is -2.94. The second kappa shape index (κ2) is 6.08. The van der Waals surface area contributed by atoms with Gasteiger partial charge in [0.2, 0.25) is 12.4 Å². The Bertz CT molecular complexity index is 1260. The lowest BCUT2D eigenvalue weighted by atomic mass is 9.35. The lowest BCUT2D eigenvalue weighted by Gasteiger charge is -2.73. The molecule has 9 rings (SSSR count). The number of carbonyl (C=O) groups excluding carboxylic acids is 2. The predicted molar refractivity (Wildman–Crippen MR) is 117 cm³/mol. The number of methoxy groups -OCH3 is 2. The second-order valence-corrected chi connectivity index (χ2v) is 11.0. The molecule has 1 amide bonds. The summed E-state index contributed by atoms with van der Waals surface area (Å²) in [7, 11) is 2.33. The fraction of sp³-hybridized carbons (Fsp3) is 0.667. The molecule has 12 nitrogen and oxygen atoms in total. The number of carbonyl (C=O) groups is 2. The van der Waals surface area contributed by atoms with Crippen molar-refractivity contribution in [2.45, 2.75) is 59.9 Å². The molecule has 0 aromatic heterocycles. The van der Waals surface area contributed by atoms with Crippen molar-refractivity contribution in [2.24, 2.45) is 5.41 Å². The highest BCUT2D eigenvalue weighted by Gasteiger charge is 2.95. The molecule has 12 heteroatoms. The molecule has 5 aliphatic heterocycles. The van der Waals surface area contributed by atoms with Crippen LogP contribution >= 0.6 is 0 Å². The van der Waals surface area contributed by atoms with Gasteiger partial charge in [0, 0.05) is 24.4 Å². The number of epoxide rings is 1. The number of aliphatic hydroxyl groups is 3. The van der Waals surface area contributed by atoms with E-state index in [4.69, 9.17) is 23.7 Å². The summed E-state index contributed by atoms with van der Waals surface area (Å²) >= 11 is 0. The summed E-state index contributed by atoms with van der Waals surface area (Å²) in [6, 6.07) is 3.05. The fourth-order valence-corrected chi connectivity index (χ4v) is 9.43. The van der Waals surface area contributed by atoms with Crippen LogP contribution < -0.4 is 14.4 Å². The summed E-state index contributed by atoms with van der Waals surface area (Å²) in [5.41, 5.74) is -5.92. The Labute approximate surface area is 205 Å². The van der Waals surface area contributed by atoms with E-state index in [9.17, 15) is 24.9 Å². The number of aliphatic hydroxyl groups excluding tert-OH is 2. The highest BCUT2D eigenvalue weighted by molar-refractivity contribution is 6.02. The van der Waals surface area contributed by atoms with Crippen molar-refractivity contribution in [1.82, 2.24) is 4.90 Å². The van der Waals surface area contributed by atoms with Crippen LogP contribution in [-0.2, 0) is 24.4 Å². The molecule has 1 aromatic carbocycles. The lowest BCUT2D eigenvalue weighted by molar-refractivity contribution is -0.308. The molecule has 3 aliphatic carbocycles. The Morgan fingerprint density at radius 3 is 2.72 bits per heavy atom. The van der Waals surface area contributed by atoms with Crippen molar-refractivity contribution in [3.63, 3.8) is 0 Å². The number of amides is 1. The first-order chi connectivity index (χ1) is 17.3. The van der Waals surface area contributed by atoms with E-state index in [0.29, 0.717) is 42.3 Å². The minimum absolute atomic E-state index is 0.0651. The van der Waals surface area contributed by atoms with E-state index in [1.165, 1.54) is 12.0 Å². The number of hydrogen-bond donors (Lipinski definition) is 3. The van der Waals surface area contributed by atoms with Gasteiger partial charge in [-0.25, -0.2) is 9.59 Å². The molecule has 36 heavy (non-hydrogen) atoms. The fourth-order valence-electron chi connectivity index (χ4n) is 9.43. The smallest absolute Gasteiger partial charge is 0.414 e. The Balaban J connectivity index is 1.54. The number of benzene rings is 1. The van der Waals surface area contributed by atoms with Gasteiger partial charge in [-0.3, -0.25) is 9.80 Å². The van der Waals surface area contributed by atoms with Gasteiger partial charge >= 0.3 is 12.1 Å². The molecule has 3 N–H and O–H groups in total. The molecule has 8 aliphatic rings. The topological polar surface area (TPSA) is 151 Å². The SMILES string of the molecule is COC(=O)N1c2c(ccc3c2OCO3)[C@@]23CCN4C[C@@H]5O[C@@H]5C5([C@H](O)CC12[C@](O)(C(=O)OC)[C@@H]5O)[C@H]43. The number of hydrogen-bond acceptors (Lipinski definition) is 11. The Kier molecular flexibility index (Phi) is 3.62. The molecular formula is C24H26N2O10. The maximum atomic E-state index is 13.7. The zero-order valence-electron chi connectivity index (χ0n) is 19.7. The number of anilines is 1. The zero-order chi connectivity index (χ0) is 25.0. The molecule has 2 bridgehead atoms. The van der Waals surface area contributed by atoms with Crippen molar-refractivity contribution in [2.75, 3.05) is 39.0 Å². The molecule has 192 valence electrons. The molecular weight excluding hydrogens is 476 g/mol. The van der Waals surface area contributed by atoms with Crippen molar-refractivity contribution < 1.29 is 48.6 Å². The van der Waals surface area contributed by atoms with Gasteiger partial charge < -0.3 is 39.0 Å². The first-order valence-electron chi connectivity index (χ1n) is 12.1. The van der Waals surface area contributed by atoms with E-state index in [-0.39, 0.29) is 19.3 Å². The summed E-state index contributed by atoms with van der Waals surface area (Å²) < 4.78 is 27.7. The highest BCUT2D eigenvalue weighted by atomic mass is 16.7. The van der Waals surface area contributed by atoms with E-state index in [2.05, 4.69) is 4.90 Å². The summed E-state index contributed by atoms with van der Waals surface area (Å²) in [6.45, 7) is 1.08. The van der Waals surface area contributed by atoms with E-state index in [1.807, 2.05) is 6.07 Å². The Morgan fingerprint density at radius 2 is 1.97 bits per heavy atom. The maximum absolute atomic E-state index is 13.7. The average Bonchev–Trinajstić information content (AvgIpc) is 3.22. The van der Waals surface area contributed by atoms with Crippen LogP contribution in [0.15, 0.2) is 12.1 Å². The van der Waals surface area contributed by atoms with Gasteiger partial charge in [0.15, 0.2) is 11.5 Å². The summed E-state index contributed by atoms with van der Waals surface area (Å²) in [6.07, 6.45) is -4.38. The molecule has 5 heterocycles. The van der Waals surface area contributed by atoms with Crippen LogP contribution in [0.1, 0.15) is 18.4 Å². The summed E-state index contributed by atoms with van der Waals surface area (Å²) in [5, 5.41) is 36.5. The molecule has 2 unspecified atom stereocenters. The van der Waals surface area contributed by atoms with E-state index in [1.54, 1.807) is 6.07 Å².